The van der Waals surface area contributed by atoms with Crippen molar-refractivity contribution in [1.29, 1.82) is 0 Å². The van der Waals surface area contributed by atoms with Gasteiger partial charge in [0, 0.05) is 21.2 Å². The summed E-state index contributed by atoms with van der Waals surface area (Å²) < 4.78 is 24.1. The predicted octanol–water partition coefficient (Wildman–Crippen LogP) is 1.51. The number of hydrogen-bond donors (Lipinski definition) is 2. The molecule has 86 valence electrons. The topological polar surface area (TPSA) is 75.3 Å². The molecule has 0 atom stereocenters. The maximum atomic E-state index is 10.9. The molecule has 1 amide bonds. The van der Waals surface area contributed by atoms with E-state index in [1.165, 1.54) is 6.92 Å². The summed E-state index contributed by atoms with van der Waals surface area (Å²) in [6.07, 6.45) is 1.08. The highest BCUT2D eigenvalue weighted by Crippen LogP contribution is 2.14. The first-order valence-corrected chi connectivity index (χ1v) is 6.11. The summed E-state index contributed by atoms with van der Waals surface area (Å²) in [5.41, 5.74) is 1.09. The minimum absolute atomic E-state index is 0. The number of carbonyl (C=O) groups excluding carboxylic acids is 1. The van der Waals surface area contributed by atoms with Crippen molar-refractivity contribution >= 4 is 27.3 Å². The zero-order valence-corrected chi connectivity index (χ0v) is 9.26. The molecule has 0 aliphatic rings. The van der Waals surface area contributed by atoms with Crippen molar-refractivity contribution in [1.82, 2.24) is 0 Å². The smallest absolute Gasteiger partial charge is 0.229 e. The van der Waals surface area contributed by atoms with Crippen molar-refractivity contribution in [3.8, 4) is 0 Å². The Labute approximate surface area is 91.5 Å². The molecule has 0 spiro atoms. The maximum Gasteiger partial charge on any atom is 0.229 e. The molecule has 0 saturated carbocycles. The summed E-state index contributed by atoms with van der Waals surface area (Å²) in [6.45, 7) is 1.41. The van der Waals surface area contributed by atoms with Crippen LogP contribution >= 0.6 is 0 Å². The molecule has 0 radical (unpaired) electrons. The van der Waals surface area contributed by atoms with Gasteiger partial charge in [0.05, 0.1) is 6.26 Å². The monoisotopic (exact) mass is 232 g/mol. The van der Waals surface area contributed by atoms with Crippen molar-refractivity contribution in [3.63, 3.8) is 0 Å². The van der Waals surface area contributed by atoms with Crippen LogP contribution in [0.25, 0.3) is 0 Å². The molecule has 0 unspecified atom stereocenters. The molecule has 0 aliphatic heterocycles. The number of nitrogens with one attached hydrogen (secondary N) is 2. The van der Waals surface area contributed by atoms with Crippen LogP contribution in [0, 0.1) is 0 Å². The van der Waals surface area contributed by atoms with E-state index in [4.69, 9.17) is 0 Å². The molecule has 0 aromatic heterocycles. The van der Waals surface area contributed by atoms with Gasteiger partial charge in [0.15, 0.2) is 0 Å². The Bertz CT molecular complexity index is 460. The van der Waals surface area contributed by atoms with Crippen LogP contribution in [0.3, 0.4) is 0 Å². The van der Waals surface area contributed by atoms with Crippen LogP contribution in [0.4, 0.5) is 11.4 Å². The summed E-state index contributed by atoms with van der Waals surface area (Å²) in [6, 6.07) is 6.39. The molecule has 5 nitrogen and oxygen atoms in total. The third-order valence-corrected chi connectivity index (χ3v) is 2.12. The van der Waals surface area contributed by atoms with Gasteiger partial charge in [-0.25, -0.2) is 8.42 Å². The quantitative estimate of drug-likeness (QED) is 0.829. The molecule has 1 aromatic rings. The molecular weight excluding hydrogens is 216 g/mol. The van der Waals surface area contributed by atoms with Gasteiger partial charge >= 0.3 is 0 Å². The summed E-state index contributed by atoms with van der Waals surface area (Å²) in [7, 11) is -3.25. The van der Waals surface area contributed by atoms with E-state index >= 15 is 0 Å². The van der Waals surface area contributed by atoms with Crippen LogP contribution in [0.5, 0.6) is 0 Å². The van der Waals surface area contributed by atoms with Crippen LogP contribution in [-0.4, -0.2) is 20.6 Å². The lowest BCUT2D eigenvalue weighted by atomic mass is 10.3. The Morgan fingerprint density at radius 3 is 2.07 bits per heavy atom. The number of hydrogen-bond acceptors (Lipinski definition) is 3. The van der Waals surface area contributed by atoms with Crippen LogP contribution in [-0.2, 0) is 14.8 Å². The molecule has 1 aromatic carbocycles. The summed E-state index contributed by atoms with van der Waals surface area (Å²) in [5, 5.41) is 2.58. The van der Waals surface area contributed by atoms with Gasteiger partial charge in [0.2, 0.25) is 15.9 Å². The Morgan fingerprint density at radius 2 is 1.67 bits per heavy atom. The molecule has 0 heterocycles. The average molecular weight is 232 g/mol. The first-order valence-electron chi connectivity index (χ1n) is 4.22. The molecule has 0 fully saturated rings. The lowest BCUT2D eigenvalue weighted by molar-refractivity contribution is -0.114. The second kappa shape index (κ2) is 4.31. The number of anilines is 2. The van der Waals surface area contributed by atoms with E-state index in [-0.39, 0.29) is 8.76 Å². The predicted molar refractivity (Wildman–Crippen MR) is 63.4 cm³/mol. The molecule has 15 heavy (non-hydrogen) atoms. The van der Waals surface area contributed by atoms with Gasteiger partial charge in [0.1, 0.15) is 0 Å². The molecule has 2 N–H and O–H groups in total. The maximum absolute atomic E-state index is 10.9. The van der Waals surface area contributed by atoms with E-state index in [2.05, 4.69) is 10.0 Å². The number of sulfonamides is 1. The number of benzene rings is 1. The Hall–Kier alpha value is -1.56. The van der Waals surface area contributed by atoms with E-state index in [0.717, 1.165) is 6.26 Å². The van der Waals surface area contributed by atoms with Gasteiger partial charge in [0.25, 0.3) is 0 Å². The minimum Gasteiger partial charge on any atom is -0.326 e. The molecule has 6 heteroatoms. The molecule has 0 aliphatic carbocycles. The van der Waals surface area contributed by atoms with Crippen LogP contribution < -0.4 is 10.0 Å². The lowest BCUT2D eigenvalue weighted by Crippen LogP contribution is -2.10. The number of rotatable bonds is 3. The Kier molecular flexibility index (Phi) is 3.31. The SMILES string of the molecule is CC(=O)Nc1ccc(NS(C)(=O)=O)cc1.[HH].[HH]. The van der Waals surface area contributed by atoms with Crippen molar-refractivity contribution in [3.05, 3.63) is 24.3 Å². The van der Waals surface area contributed by atoms with E-state index in [0.29, 0.717) is 11.4 Å². The summed E-state index contributed by atoms with van der Waals surface area (Å²) >= 11 is 0. The standard InChI is InChI=1S/C9H12N2O3S.2H2/c1-7(12)10-8-3-5-9(6-4-8)11-15(2,13)14;;/h3-6,11H,1-2H3,(H,10,12);2*1H. The summed E-state index contributed by atoms with van der Waals surface area (Å²) in [5.74, 6) is -0.168. The third-order valence-electron chi connectivity index (χ3n) is 1.51. The van der Waals surface area contributed by atoms with Gasteiger partial charge in [-0.15, -0.1) is 0 Å². The first kappa shape index (κ1) is 11.5. The zero-order chi connectivity index (χ0) is 11.5. The molecule has 0 saturated heterocycles. The second-order valence-electron chi connectivity index (χ2n) is 3.13. The van der Waals surface area contributed by atoms with Gasteiger partial charge in [-0.3, -0.25) is 9.52 Å². The fraction of sp³-hybridized carbons (Fsp3) is 0.222. The zero-order valence-electron chi connectivity index (χ0n) is 8.44. The third kappa shape index (κ3) is 4.46. The molecule has 1 rings (SSSR count). The van der Waals surface area contributed by atoms with Crippen molar-refractivity contribution in [2.75, 3.05) is 16.3 Å². The normalized spacial score (nSPS) is 10.8. The van der Waals surface area contributed by atoms with Gasteiger partial charge < -0.3 is 5.32 Å². The number of amides is 1. The minimum atomic E-state index is -3.25. The van der Waals surface area contributed by atoms with Crippen LogP contribution in [0.1, 0.15) is 9.78 Å². The van der Waals surface area contributed by atoms with Crippen LogP contribution in [0.15, 0.2) is 24.3 Å². The second-order valence-corrected chi connectivity index (χ2v) is 4.88. The highest BCUT2D eigenvalue weighted by molar-refractivity contribution is 7.92. The molecular formula is C9H16N2O3S. The van der Waals surface area contributed by atoms with Gasteiger partial charge in [-0.2, -0.15) is 0 Å². The van der Waals surface area contributed by atoms with Crippen molar-refractivity contribution in [2.24, 2.45) is 0 Å². The van der Waals surface area contributed by atoms with E-state index in [9.17, 15) is 13.2 Å². The highest BCUT2D eigenvalue weighted by Gasteiger charge is 2.01. The fourth-order valence-electron chi connectivity index (χ4n) is 1.04. The fourth-order valence-corrected chi connectivity index (χ4v) is 1.60. The largest absolute Gasteiger partial charge is 0.326 e. The van der Waals surface area contributed by atoms with Crippen molar-refractivity contribution < 1.29 is 16.1 Å². The Morgan fingerprint density at radius 1 is 1.20 bits per heavy atom. The first-order chi connectivity index (χ1) is 6.87. The lowest BCUT2D eigenvalue weighted by Gasteiger charge is -2.05. The Balaban J connectivity index is 0. The summed E-state index contributed by atoms with van der Waals surface area (Å²) in [4.78, 5) is 10.7. The highest BCUT2D eigenvalue weighted by atomic mass is 32.2. The van der Waals surface area contributed by atoms with Gasteiger partial charge in [-0.05, 0) is 24.3 Å². The number of carbonyl (C=O) groups is 1. The van der Waals surface area contributed by atoms with E-state index in [1.54, 1.807) is 24.3 Å². The van der Waals surface area contributed by atoms with Crippen molar-refractivity contribution in [2.45, 2.75) is 6.92 Å². The molecule has 0 bridgehead atoms. The van der Waals surface area contributed by atoms with E-state index in [1.807, 2.05) is 0 Å². The average Bonchev–Trinajstić information content (AvgIpc) is 2.05. The van der Waals surface area contributed by atoms with Gasteiger partial charge in [-0.1, -0.05) is 0 Å². The van der Waals surface area contributed by atoms with E-state index < -0.39 is 10.0 Å². The van der Waals surface area contributed by atoms with Crippen LogP contribution in [0.2, 0.25) is 0 Å².